The van der Waals surface area contributed by atoms with E-state index in [2.05, 4.69) is 10.3 Å². The van der Waals surface area contributed by atoms with Crippen molar-refractivity contribution in [2.45, 2.75) is 13.0 Å². The number of nitrogens with one attached hydrogen (secondary N) is 2. The van der Waals surface area contributed by atoms with E-state index in [1.54, 1.807) is 12.3 Å². The Hall–Kier alpha value is -2.20. The van der Waals surface area contributed by atoms with E-state index in [0.29, 0.717) is 11.6 Å². The van der Waals surface area contributed by atoms with Crippen LogP contribution in [0.2, 0.25) is 5.02 Å². The lowest BCUT2D eigenvalue weighted by Crippen LogP contribution is -2.24. The Bertz CT molecular complexity index is 732. The maximum atomic E-state index is 12.0. The summed E-state index contributed by atoms with van der Waals surface area (Å²) in [5, 5.41) is 4.37. The van der Waals surface area contributed by atoms with Crippen molar-refractivity contribution in [3.63, 3.8) is 0 Å². The fraction of sp³-hybridized carbons (Fsp3) is 0.133. The number of benzene rings is 1. The van der Waals surface area contributed by atoms with Crippen LogP contribution >= 0.6 is 11.6 Å². The van der Waals surface area contributed by atoms with E-state index in [9.17, 15) is 4.79 Å². The molecule has 2 heterocycles. The SMILES string of the molecule is O=C(Cc1c[nH]c2cccc(Cl)c12)NCc1ccco1. The van der Waals surface area contributed by atoms with Gasteiger partial charge in [0, 0.05) is 17.1 Å². The maximum Gasteiger partial charge on any atom is 0.224 e. The minimum atomic E-state index is -0.0674. The van der Waals surface area contributed by atoms with E-state index in [4.69, 9.17) is 16.0 Å². The lowest BCUT2D eigenvalue weighted by Gasteiger charge is -2.03. The van der Waals surface area contributed by atoms with Crippen LogP contribution in [0.3, 0.4) is 0 Å². The molecular formula is C15H13ClN2O2. The number of rotatable bonds is 4. The minimum Gasteiger partial charge on any atom is -0.467 e. The zero-order chi connectivity index (χ0) is 13.9. The van der Waals surface area contributed by atoms with Crippen molar-refractivity contribution in [3.05, 3.63) is 59.1 Å². The molecule has 0 atom stereocenters. The van der Waals surface area contributed by atoms with Crippen LogP contribution in [0.4, 0.5) is 0 Å². The summed E-state index contributed by atoms with van der Waals surface area (Å²) in [4.78, 5) is 15.1. The van der Waals surface area contributed by atoms with E-state index in [0.717, 1.165) is 22.2 Å². The first kappa shape index (κ1) is 12.8. The van der Waals surface area contributed by atoms with Gasteiger partial charge >= 0.3 is 0 Å². The van der Waals surface area contributed by atoms with E-state index >= 15 is 0 Å². The highest BCUT2D eigenvalue weighted by Crippen LogP contribution is 2.26. The Balaban J connectivity index is 1.71. The summed E-state index contributed by atoms with van der Waals surface area (Å²) < 4.78 is 5.17. The molecule has 4 nitrogen and oxygen atoms in total. The lowest BCUT2D eigenvalue weighted by atomic mass is 10.1. The highest BCUT2D eigenvalue weighted by Gasteiger charge is 2.11. The standard InChI is InChI=1S/C15H13ClN2O2/c16-12-4-1-5-13-15(12)10(8-17-13)7-14(19)18-9-11-3-2-6-20-11/h1-6,8,17H,7,9H2,(H,18,19). The normalized spacial score (nSPS) is 10.8. The molecule has 3 aromatic rings. The zero-order valence-corrected chi connectivity index (χ0v) is 11.4. The van der Waals surface area contributed by atoms with Gasteiger partial charge in [0.15, 0.2) is 0 Å². The monoisotopic (exact) mass is 288 g/mol. The molecule has 0 spiro atoms. The van der Waals surface area contributed by atoms with Crippen molar-refractivity contribution >= 4 is 28.4 Å². The van der Waals surface area contributed by atoms with Crippen LogP contribution in [-0.4, -0.2) is 10.9 Å². The number of H-pyrrole nitrogens is 1. The Morgan fingerprint density at radius 2 is 2.20 bits per heavy atom. The van der Waals surface area contributed by atoms with Crippen molar-refractivity contribution in [2.24, 2.45) is 0 Å². The molecule has 0 bridgehead atoms. The van der Waals surface area contributed by atoms with Gasteiger partial charge in [-0.15, -0.1) is 0 Å². The molecular weight excluding hydrogens is 276 g/mol. The quantitative estimate of drug-likeness (QED) is 0.774. The van der Waals surface area contributed by atoms with Gasteiger partial charge in [0.25, 0.3) is 0 Å². The van der Waals surface area contributed by atoms with E-state index < -0.39 is 0 Å². The molecule has 1 aromatic carbocycles. The number of amides is 1. The average Bonchev–Trinajstić information content (AvgIpc) is 3.07. The van der Waals surface area contributed by atoms with Gasteiger partial charge in [-0.3, -0.25) is 4.79 Å². The molecule has 102 valence electrons. The Labute approximate surface area is 120 Å². The summed E-state index contributed by atoms with van der Waals surface area (Å²) in [5.41, 5.74) is 1.83. The molecule has 3 rings (SSSR count). The number of hydrogen-bond donors (Lipinski definition) is 2. The van der Waals surface area contributed by atoms with Crippen molar-refractivity contribution < 1.29 is 9.21 Å². The Morgan fingerprint density at radius 3 is 3.00 bits per heavy atom. The molecule has 0 saturated carbocycles. The molecule has 5 heteroatoms. The highest BCUT2D eigenvalue weighted by atomic mass is 35.5. The van der Waals surface area contributed by atoms with Crippen molar-refractivity contribution in [2.75, 3.05) is 0 Å². The predicted molar refractivity (Wildman–Crippen MR) is 77.6 cm³/mol. The Morgan fingerprint density at radius 1 is 1.30 bits per heavy atom. The number of carbonyl (C=O) groups is 1. The predicted octanol–water partition coefficient (Wildman–Crippen LogP) is 3.27. The lowest BCUT2D eigenvalue weighted by molar-refractivity contribution is -0.120. The molecule has 20 heavy (non-hydrogen) atoms. The first-order chi connectivity index (χ1) is 9.74. The third-order valence-electron chi connectivity index (χ3n) is 3.13. The Kier molecular flexibility index (Phi) is 3.48. The van der Waals surface area contributed by atoms with Gasteiger partial charge in [-0.05, 0) is 29.8 Å². The summed E-state index contributed by atoms with van der Waals surface area (Å²) in [5.74, 6) is 0.664. The zero-order valence-electron chi connectivity index (χ0n) is 10.7. The minimum absolute atomic E-state index is 0.0674. The summed E-state index contributed by atoms with van der Waals surface area (Å²) in [6.45, 7) is 0.391. The van der Waals surface area contributed by atoms with Crippen LogP contribution in [0.25, 0.3) is 10.9 Å². The van der Waals surface area contributed by atoms with Crippen LogP contribution in [-0.2, 0) is 17.8 Å². The summed E-state index contributed by atoms with van der Waals surface area (Å²) in [6.07, 6.45) is 3.69. The number of aromatic nitrogens is 1. The van der Waals surface area contributed by atoms with Gasteiger partial charge in [-0.2, -0.15) is 0 Å². The van der Waals surface area contributed by atoms with Gasteiger partial charge in [0.05, 0.1) is 24.3 Å². The molecule has 0 fully saturated rings. The van der Waals surface area contributed by atoms with Crippen LogP contribution < -0.4 is 5.32 Å². The molecule has 0 unspecified atom stereocenters. The number of fused-ring (bicyclic) bond motifs is 1. The molecule has 1 amide bonds. The average molecular weight is 289 g/mol. The fourth-order valence-electron chi connectivity index (χ4n) is 2.18. The molecule has 0 aliphatic heterocycles. The molecule has 2 aromatic heterocycles. The summed E-state index contributed by atoms with van der Waals surface area (Å²) >= 11 is 6.18. The fourth-order valence-corrected chi connectivity index (χ4v) is 2.48. The summed E-state index contributed by atoms with van der Waals surface area (Å²) in [6, 6.07) is 9.25. The van der Waals surface area contributed by atoms with Gasteiger partial charge < -0.3 is 14.7 Å². The number of furan rings is 1. The second kappa shape index (κ2) is 5.43. The smallest absolute Gasteiger partial charge is 0.224 e. The summed E-state index contributed by atoms with van der Waals surface area (Å²) in [7, 11) is 0. The van der Waals surface area contributed by atoms with Crippen LogP contribution in [0, 0.1) is 0 Å². The molecule has 0 aliphatic rings. The first-order valence-corrected chi connectivity index (χ1v) is 6.65. The van der Waals surface area contributed by atoms with Gasteiger partial charge in [0.2, 0.25) is 5.91 Å². The highest BCUT2D eigenvalue weighted by molar-refractivity contribution is 6.35. The van der Waals surface area contributed by atoms with E-state index in [1.807, 2.05) is 30.5 Å². The number of carbonyl (C=O) groups excluding carboxylic acids is 1. The maximum absolute atomic E-state index is 12.0. The largest absolute Gasteiger partial charge is 0.467 e. The van der Waals surface area contributed by atoms with Crippen LogP contribution in [0.1, 0.15) is 11.3 Å². The second-order valence-corrected chi connectivity index (χ2v) is 4.92. The van der Waals surface area contributed by atoms with Crippen LogP contribution in [0.5, 0.6) is 0 Å². The number of halogens is 1. The second-order valence-electron chi connectivity index (χ2n) is 4.51. The van der Waals surface area contributed by atoms with Crippen molar-refractivity contribution in [1.29, 1.82) is 0 Å². The van der Waals surface area contributed by atoms with Crippen molar-refractivity contribution in [3.8, 4) is 0 Å². The van der Waals surface area contributed by atoms with Crippen molar-refractivity contribution in [1.82, 2.24) is 10.3 Å². The topological polar surface area (TPSA) is 58.0 Å². The van der Waals surface area contributed by atoms with Gasteiger partial charge in [0.1, 0.15) is 5.76 Å². The van der Waals surface area contributed by atoms with Gasteiger partial charge in [-0.1, -0.05) is 17.7 Å². The van der Waals surface area contributed by atoms with Gasteiger partial charge in [-0.25, -0.2) is 0 Å². The van der Waals surface area contributed by atoms with Crippen LogP contribution in [0.15, 0.2) is 47.2 Å². The van der Waals surface area contributed by atoms with E-state index in [-0.39, 0.29) is 12.3 Å². The third-order valence-corrected chi connectivity index (χ3v) is 3.44. The molecule has 0 aliphatic carbocycles. The third kappa shape index (κ3) is 2.56. The molecule has 0 radical (unpaired) electrons. The van der Waals surface area contributed by atoms with E-state index in [1.165, 1.54) is 0 Å². The number of aromatic amines is 1. The number of hydrogen-bond acceptors (Lipinski definition) is 2. The first-order valence-electron chi connectivity index (χ1n) is 6.27. The molecule has 2 N–H and O–H groups in total. The molecule has 0 saturated heterocycles.